The second kappa shape index (κ2) is 6.10. The molecular weight excluding hydrogens is 310 g/mol. The van der Waals surface area contributed by atoms with Gasteiger partial charge in [0.2, 0.25) is 0 Å². The summed E-state index contributed by atoms with van der Waals surface area (Å²) in [4.78, 5) is 24.3. The molecule has 2 aromatic heterocycles. The largest absolute Gasteiger partial charge is 0.361 e. The summed E-state index contributed by atoms with van der Waals surface area (Å²) in [6.07, 6.45) is 0.636. The Morgan fingerprint density at radius 3 is 2.67 bits per heavy atom. The normalized spacial score (nSPS) is 16.3. The van der Waals surface area contributed by atoms with Crippen molar-refractivity contribution >= 4 is 11.8 Å². The maximum Gasteiger partial charge on any atom is 0.271 e. The van der Waals surface area contributed by atoms with Crippen molar-refractivity contribution in [3.8, 4) is 0 Å². The van der Waals surface area contributed by atoms with Crippen LogP contribution in [0.25, 0.3) is 0 Å². The van der Waals surface area contributed by atoms with Crippen molar-refractivity contribution in [3.63, 3.8) is 0 Å². The van der Waals surface area contributed by atoms with Crippen molar-refractivity contribution in [2.24, 2.45) is 0 Å². The zero-order valence-electron chi connectivity index (χ0n) is 14.2. The maximum absolute atomic E-state index is 12.4. The number of aryl methyl sites for hydroxylation is 2. The van der Waals surface area contributed by atoms with E-state index in [1.807, 2.05) is 13.8 Å². The van der Waals surface area contributed by atoms with Crippen LogP contribution in [0.4, 0.5) is 0 Å². The van der Waals surface area contributed by atoms with Crippen molar-refractivity contribution in [1.82, 2.24) is 25.6 Å². The van der Waals surface area contributed by atoms with Gasteiger partial charge >= 0.3 is 0 Å². The molecule has 0 fully saturated rings. The number of aromatic nitrogens is 3. The third kappa shape index (κ3) is 3.04. The molecule has 8 nitrogen and oxygen atoms in total. The molecule has 0 saturated heterocycles. The molecule has 1 atom stereocenters. The van der Waals surface area contributed by atoms with Gasteiger partial charge in [0.1, 0.15) is 17.0 Å². The molecule has 0 bridgehead atoms. The number of rotatable bonds is 4. The molecule has 1 aliphatic heterocycles. The second-order valence-electron chi connectivity index (χ2n) is 6.40. The fourth-order valence-electron chi connectivity index (χ4n) is 2.91. The van der Waals surface area contributed by atoms with Crippen molar-refractivity contribution < 1.29 is 14.1 Å². The predicted octanol–water partition coefficient (Wildman–Crippen LogP) is 0.981. The van der Waals surface area contributed by atoms with Gasteiger partial charge in [-0.05, 0) is 33.8 Å². The zero-order valence-corrected chi connectivity index (χ0v) is 14.2. The Balaban J connectivity index is 1.64. The number of hydrogen-bond acceptors (Lipinski definition) is 5. The molecule has 0 spiro atoms. The lowest BCUT2D eigenvalue weighted by Gasteiger charge is -2.11. The number of carbonyl (C=O) groups is 2. The SMILES string of the molecule is Cc1noc(C)c1C(=O)N[C@H]1Cc2cc(C(=O)NC(C)C)nn2C1. The number of nitrogens with one attached hydrogen (secondary N) is 2. The van der Waals surface area contributed by atoms with E-state index in [0.29, 0.717) is 35.7 Å². The van der Waals surface area contributed by atoms with Crippen LogP contribution in [0, 0.1) is 13.8 Å². The fourth-order valence-corrected chi connectivity index (χ4v) is 2.91. The molecule has 24 heavy (non-hydrogen) atoms. The number of amides is 2. The topological polar surface area (TPSA) is 102 Å². The molecule has 0 aromatic carbocycles. The monoisotopic (exact) mass is 331 g/mol. The van der Waals surface area contributed by atoms with Crippen molar-refractivity contribution in [1.29, 1.82) is 0 Å². The number of fused-ring (bicyclic) bond motifs is 1. The molecule has 0 radical (unpaired) electrons. The molecule has 2 amide bonds. The first-order chi connectivity index (χ1) is 11.3. The lowest BCUT2D eigenvalue weighted by molar-refractivity contribution is 0.0922. The van der Waals surface area contributed by atoms with Crippen LogP contribution in [0.2, 0.25) is 0 Å². The Labute approximate surface area is 139 Å². The zero-order chi connectivity index (χ0) is 17.4. The minimum Gasteiger partial charge on any atom is -0.361 e. The predicted molar refractivity (Wildman–Crippen MR) is 85.8 cm³/mol. The standard InChI is InChI=1S/C16H21N5O3/c1-8(2)17-15(22)13-6-12-5-11(7-21(12)19-13)18-16(23)14-9(3)20-24-10(14)4/h6,8,11H,5,7H2,1-4H3,(H,17,22)(H,18,23)/t11-/m0/s1. The van der Waals surface area contributed by atoms with Gasteiger partial charge in [-0.1, -0.05) is 5.16 Å². The summed E-state index contributed by atoms with van der Waals surface area (Å²) in [5, 5.41) is 13.9. The van der Waals surface area contributed by atoms with E-state index < -0.39 is 0 Å². The van der Waals surface area contributed by atoms with E-state index >= 15 is 0 Å². The number of nitrogens with zero attached hydrogens (tertiary/aromatic N) is 3. The van der Waals surface area contributed by atoms with Crippen LogP contribution in [0.5, 0.6) is 0 Å². The summed E-state index contributed by atoms with van der Waals surface area (Å²) in [5.74, 6) is 0.136. The Hall–Kier alpha value is -2.64. The molecule has 1 aliphatic rings. The summed E-state index contributed by atoms with van der Waals surface area (Å²) < 4.78 is 6.80. The second-order valence-corrected chi connectivity index (χ2v) is 6.40. The molecule has 3 rings (SSSR count). The van der Waals surface area contributed by atoms with Crippen LogP contribution in [-0.2, 0) is 13.0 Å². The molecule has 3 heterocycles. The van der Waals surface area contributed by atoms with Crippen LogP contribution < -0.4 is 10.6 Å². The average molecular weight is 331 g/mol. The van der Waals surface area contributed by atoms with Gasteiger partial charge in [-0.3, -0.25) is 14.3 Å². The van der Waals surface area contributed by atoms with E-state index in [9.17, 15) is 9.59 Å². The van der Waals surface area contributed by atoms with E-state index in [4.69, 9.17) is 4.52 Å². The van der Waals surface area contributed by atoms with Gasteiger partial charge in [-0.15, -0.1) is 0 Å². The highest BCUT2D eigenvalue weighted by atomic mass is 16.5. The molecular formula is C16H21N5O3. The van der Waals surface area contributed by atoms with Gasteiger partial charge < -0.3 is 15.2 Å². The minimum atomic E-state index is -0.195. The molecule has 0 unspecified atom stereocenters. The van der Waals surface area contributed by atoms with Crippen LogP contribution in [0.1, 0.15) is 51.8 Å². The maximum atomic E-state index is 12.4. The molecule has 0 saturated carbocycles. The Morgan fingerprint density at radius 2 is 2.08 bits per heavy atom. The molecule has 0 aliphatic carbocycles. The molecule has 2 N–H and O–H groups in total. The van der Waals surface area contributed by atoms with E-state index in [1.54, 1.807) is 24.6 Å². The fraction of sp³-hybridized carbons (Fsp3) is 0.500. The lowest BCUT2D eigenvalue weighted by Crippen LogP contribution is -2.36. The van der Waals surface area contributed by atoms with Gasteiger partial charge in [-0.25, -0.2) is 0 Å². The van der Waals surface area contributed by atoms with Gasteiger partial charge in [0.05, 0.1) is 18.3 Å². The first kappa shape index (κ1) is 16.2. The van der Waals surface area contributed by atoms with E-state index in [0.717, 1.165) is 5.69 Å². The highest BCUT2D eigenvalue weighted by Crippen LogP contribution is 2.18. The highest BCUT2D eigenvalue weighted by molar-refractivity contribution is 5.96. The van der Waals surface area contributed by atoms with Gasteiger partial charge in [-0.2, -0.15) is 5.10 Å². The quantitative estimate of drug-likeness (QED) is 0.869. The van der Waals surface area contributed by atoms with Crippen LogP contribution in [-0.4, -0.2) is 38.8 Å². The smallest absolute Gasteiger partial charge is 0.271 e. The van der Waals surface area contributed by atoms with E-state index in [-0.39, 0.29) is 23.9 Å². The lowest BCUT2D eigenvalue weighted by atomic mass is 10.1. The number of carbonyl (C=O) groups excluding carboxylic acids is 2. The first-order valence-electron chi connectivity index (χ1n) is 7.96. The van der Waals surface area contributed by atoms with Crippen LogP contribution >= 0.6 is 0 Å². The number of hydrogen-bond donors (Lipinski definition) is 2. The van der Waals surface area contributed by atoms with Crippen molar-refractivity contribution in [3.05, 3.63) is 34.5 Å². The minimum absolute atomic E-state index is 0.0593. The Kier molecular flexibility index (Phi) is 4.13. The molecule has 8 heteroatoms. The van der Waals surface area contributed by atoms with Crippen LogP contribution in [0.3, 0.4) is 0 Å². The van der Waals surface area contributed by atoms with Crippen LogP contribution in [0.15, 0.2) is 10.6 Å². The summed E-state index contributed by atoms with van der Waals surface area (Å²) in [7, 11) is 0. The van der Waals surface area contributed by atoms with Gasteiger partial charge in [0.15, 0.2) is 0 Å². The van der Waals surface area contributed by atoms with Gasteiger partial charge in [0, 0.05) is 18.2 Å². The van der Waals surface area contributed by atoms with E-state index in [2.05, 4.69) is 20.9 Å². The van der Waals surface area contributed by atoms with Crippen molar-refractivity contribution in [2.45, 2.75) is 52.7 Å². The Bertz CT molecular complexity index is 747. The Morgan fingerprint density at radius 1 is 1.33 bits per heavy atom. The highest BCUT2D eigenvalue weighted by Gasteiger charge is 2.28. The average Bonchev–Trinajstić information content (AvgIpc) is 3.11. The third-order valence-electron chi connectivity index (χ3n) is 3.96. The molecule has 2 aromatic rings. The van der Waals surface area contributed by atoms with E-state index in [1.165, 1.54) is 0 Å². The molecule has 128 valence electrons. The summed E-state index contributed by atoms with van der Waals surface area (Å²) in [6, 6.07) is 1.78. The summed E-state index contributed by atoms with van der Waals surface area (Å²) in [6.45, 7) is 7.81. The van der Waals surface area contributed by atoms with Gasteiger partial charge in [0.25, 0.3) is 11.8 Å². The third-order valence-corrected chi connectivity index (χ3v) is 3.96. The first-order valence-corrected chi connectivity index (χ1v) is 7.96. The van der Waals surface area contributed by atoms with Crippen molar-refractivity contribution in [2.75, 3.05) is 0 Å². The summed E-state index contributed by atoms with van der Waals surface area (Å²) >= 11 is 0. The summed E-state index contributed by atoms with van der Waals surface area (Å²) in [5.41, 5.74) is 2.41.